The van der Waals surface area contributed by atoms with Gasteiger partial charge in [0.2, 0.25) is 0 Å². The number of imide groups is 1. The number of benzene rings is 3. The second kappa shape index (κ2) is 8.67. The number of carbonyl (C=O) groups is 3. The van der Waals surface area contributed by atoms with E-state index in [1.54, 1.807) is 30.3 Å². The van der Waals surface area contributed by atoms with Crippen LogP contribution in [0.1, 0.15) is 62.1 Å². The molecule has 6 heteroatoms. The lowest BCUT2D eigenvalue weighted by molar-refractivity contribution is 0.0921. The summed E-state index contributed by atoms with van der Waals surface area (Å²) in [5, 5.41) is 2.97. The molecule has 0 radical (unpaired) electrons. The summed E-state index contributed by atoms with van der Waals surface area (Å²) in [6.45, 7) is 6.32. The Bertz CT molecular complexity index is 1200. The minimum absolute atomic E-state index is 0.199. The zero-order valence-corrected chi connectivity index (χ0v) is 18.2. The molecule has 4 rings (SSSR count). The van der Waals surface area contributed by atoms with E-state index in [-0.39, 0.29) is 23.1 Å². The standard InChI is InChI=1S/C26H24N2O4/c1-4-32-20-12-10-19(11-13-20)28-25(30)22-14-9-18(15-23(22)26(28)31)24(29)27-17(3)21-8-6-5-7-16(21)2/h5-15,17H,4H2,1-3H3,(H,27,29). The van der Waals surface area contributed by atoms with Gasteiger partial charge < -0.3 is 10.1 Å². The van der Waals surface area contributed by atoms with Crippen LogP contribution < -0.4 is 15.0 Å². The molecule has 1 N–H and O–H groups in total. The Morgan fingerprint density at radius 3 is 2.34 bits per heavy atom. The van der Waals surface area contributed by atoms with E-state index in [9.17, 15) is 14.4 Å². The molecule has 0 saturated heterocycles. The number of nitrogens with zero attached hydrogens (tertiary/aromatic N) is 1. The molecule has 0 bridgehead atoms. The number of fused-ring (bicyclic) bond motifs is 1. The predicted octanol–water partition coefficient (Wildman–Crippen LogP) is 4.69. The van der Waals surface area contributed by atoms with Crippen molar-refractivity contribution in [3.63, 3.8) is 0 Å². The Kier molecular flexibility index (Phi) is 5.77. The molecule has 0 spiro atoms. The number of anilines is 1. The van der Waals surface area contributed by atoms with Crippen molar-refractivity contribution < 1.29 is 19.1 Å². The van der Waals surface area contributed by atoms with E-state index < -0.39 is 11.8 Å². The Morgan fingerprint density at radius 1 is 0.969 bits per heavy atom. The third kappa shape index (κ3) is 3.87. The summed E-state index contributed by atoms with van der Waals surface area (Å²) in [4.78, 5) is 39.9. The smallest absolute Gasteiger partial charge is 0.266 e. The van der Waals surface area contributed by atoms with Crippen LogP contribution >= 0.6 is 0 Å². The number of hydrogen-bond acceptors (Lipinski definition) is 4. The molecule has 1 aliphatic rings. The van der Waals surface area contributed by atoms with Crippen molar-refractivity contribution in [2.24, 2.45) is 0 Å². The average Bonchev–Trinajstić information content (AvgIpc) is 3.04. The summed E-state index contributed by atoms with van der Waals surface area (Å²) in [5.41, 5.74) is 3.40. The van der Waals surface area contributed by atoms with Gasteiger partial charge >= 0.3 is 0 Å². The van der Waals surface area contributed by atoms with E-state index >= 15 is 0 Å². The van der Waals surface area contributed by atoms with E-state index in [4.69, 9.17) is 4.74 Å². The van der Waals surface area contributed by atoms with Gasteiger partial charge in [0.15, 0.2) is 0 Å². The van der Waals surface area contributed by atoms with Crippen LogP contribution in [-0.2, 0) is 0 Å². The van der Waals surface area contributed by atoms with Gasteiger partial charge in [0, 0.05) is 5.56 Å². The third-order valence-corrected chi connectivity index (χ3v) is 5.56. The second-order valence-corrected chi connectivity index (χ2v) is 7.68. The number of ether oxygens (including phenoxy) is 1. The highest BCUT2D eigenvalue weighted by molar-refractivity contribution is 6.34. The van der Waals surface area contributed by atoms with Gasteiger partial charge in [-0.25, -0.2) is 4.90 Å². The van der Waals surface area contributed by atoms with Crippen molar-refractivity contribution >= 4 is 23.4 Å². The van der Waals surface area contributed by atoms with Gasteiger partial charge in [0.25, 0.3) is 17.7 Å². The molecule has 1 unspecified atom stereocenters. The largest absolute Gasteiger partial charge is 0.494 e. The van der Waals surface area contributed by atoms with Crippen molar-refractivity contribution in [3.05, 3.63) is 94.5 Å². The van der Waals surface area contributed by atoms with Gasteiger partial charge in [-0.05, 0) is 74.4 Å². The molecule has 0 aromatic heterocycles. The summed E-state index contributed by atoms with van der Waals surface area (Å²) in [6.07, 6.45) is 0. The normalized spacial score (nSPS) is 13.7. The fourth-order valence-corrected chi connectivity index (χ4v) is 3.91. The first-order valence-electron chi connectivity index (χ1n) is 10.5. The van der Waals surface area contributed by atoms with Crippen molar-refractivity contribution in [2.75, 3.05) is 11.5 Å². The fourth-order valence-electron chi connectivity index (χ4n) is 3.91. The minimum atomic E-state index is -0.448. The van der Waals surface area contributed by atoms with Crippen LogP contribution in [0, 0.1) is 6.92 Å². The SMILES string of the molecule is CCOc1ccc(N2C(=O)c3ccc(C(=O)NC(C)c4ccccc4C)cc3C2=O)cc1. The number of aryl methyl sites for hydroxylation is 1. The summed E-state index contributed by atoms with van der Waals surface area (Å²) >= 11 is 0. The van der Waals surface area contributed by atoms with Crippen LogP contribution in [0.3, 0.4) is 0 Å². The summed E-state index contributed by atoms with van der Waals surface area (Å²) < 4.78 is 5.42. The molecule has 1 atom stereocenters. The first-order chi connectivity index (χ1) is 15.4. The molecule has 1 aliphatic heterocycles. The first-order valence-corrected chi connectivity index (χ1v) is 10.5. The molecular weight excluding hydrogens is 404 g/mol. The summed E-state index contributed by atoms with van der Waals surface area (Å²) in [7, 11) is 0. The van der Waals surface area contributed by atoms with Crippen LogP contribution in [0.2, 0.25) is 0 Å². The lowest BCUT2D eigenvalue weighted by Crippen LogP contribution is -2.29. The molecule has 1 heterocycles. The number of nitrogens with one attached hydrogen (secondary N) is 1. The minimum Gasteiger partial charge on any atom is -0.494 e. The first kappa shape index (κ1) is 21.3. The van der Waals surface area contributed by atoms with E-state index in [0.717, 1.165) is 16.0 Å². The molecule has 0 fully saturated rings. The van der Waals surface area contributed by atoms with Crippen LogP contribution in [0.5, 0.6) is 5.75 Å². The van der Waals surface area contributed by atoms with Crippen LogP contribution in [-0.4, -0.2) is 24.3 Å². The highest BCUT2D eigenvalue weighted by Crippen LogP contribution is 2.30. The van der Waals surface area contributed by atoms with Crippen molar-refractivity contribution in [1.29, 1.82) is 0 Å². The third-order valence-electron chi connectivity index (χ3n) is 5.56. The lowest BCUT2D eigenvalue weighted by Gasteiger charge is -2.16. The topological polar surface area (TPSA) is 75.7 Å². The molecule has 0 saturated carbocycles. The molecule has 0 aliphatic carbocycles. The zero-order chi connectivity index (χ0) is 22.8. The Balaban J connectivity index is 1.56. The fraction of sp³-hybridized carbons (Fsp3) is 0.192. The highest BCUT2D eigenvalue weighted by Gasteiger charge is 2.37. The van der Waals surface area contributed by atoms with E-state index in [0.29, 0.717) is 23.6 Å². The van der Waals surface area contributed by atoms with Gasteiger partial charge in [-0.3, -0.25) is 14.4 Å². The molecule has 3 amide bonds. The van der Waals surface area contributed by atoms with Gasteiger partial charge in [-0.2, -0.15) is 0 Å². The lowest BCUT2D eigenvalue weighted by atomic mass is 10.0. The molecular formula is C26H24N2O4. The van der Waals surface area contributed by atoms with Crippen molar-refractivity contribution in [1.82, 2.24) is 5.32 Å². The Hall–Kier alpha value is -3.93. The monoisotopic (exact) mass is 428 g/mol. The van der Waals surface area contributed by atoms with Crippen LogP contribution in [0.15, 0.2) is 66.7 Å². The van der Waals surface area contributed by atoms with Gasteiger partial charge in [0.05, 0.1) is 29.5 Å². The number of amides is 3. The number of hydrogen-bond donors (Lipinski definition) is 1. The number of rotatable bonds is 6. The van der Waals surface area contributed by atoms with Crippen LogP contribution in [0.25, 0.3) is 0 Å². The van der Waals surface area contributed by atoms with Crippen molar-refractivity contribution in [2.45, 2.75) is 26.8 Å². The van der Waals surface area contributed by atoms with Crippen molar-refractivity contribution in [3.8, 4) is 5.75 Å². The van der Waals surface area contributed by atoms with Gasteiger partial charge in [-0.15, -0.1) is 0 Å². The average molecular weight is 428 g/mol. The summed E-state index contributed by atoms with van der Waals surface area (Å²) in [5.74, 6) is -0.497. The maximum Gasteiger partial charge on any atom is 0.266 e. The zero-order valence-electron chi connectivity index (χ0n) is 18.2. The second-order valence-electron chi connectivity index (χ2n) is 7.68. The molecule has 162 valence electrons. The van der Waals surface area contributed by atoms with Crippen LogP contribution in [0.4, 0.5) is 5.69 Å². The molecule has 3 aromatic rings. The Labute approximate surface area is 186 Å². The molecule has 3 aromatic carbocycles. The van der Waals surface area contributed by atoms with E-state index in [1.807, 2.05) is 45.0 Å². The van der Waals surface area contributed by atoms with Gasteiger partial charge in [0.1, 0.15) is 5.75 Å². The van der Waals surface area contributed by atoms with E-state index in [1.165, 1.54) is 12.1 Å². The highest BCUT2D eigenvalue weighted by atomic mass is 16.5. The molecule has 6 nitrogen and oxygen atoms in total. The summed E-state index contributed by atoms with van der Waals surface area (Å²) in [6, 6.07) is 19.0. The number of carbonyl (C=O) groups excluding carboxylic acids is 3. The Morgan fingerprint density at radius 2 is 1.66 bits per heavy atom. The molecule has 32 heavy (non-hydrogen) atoms. The quantitative estimate of drug-likeness (QED) is 0.578. The van der Waals surface area contributed by atoms with E-state index in [2.05, 4.69) is 5.32 Å². The van der Waals surface area contributed by atoms with Gasteiger partial charge in [-0.1, -0.05) is 24.3 Å². The maximum absolute atomic E-state index is 13.0. The predicted molar refractivity (Wildman–Crippen MR) is 122 cm³/mol. The maximum atomic E-state index is 13.0.